The molecule has 0 radical (unpaired) electrons. The number of piperidine rings is 1. The van der Waals surface area contributed by atoms with Crippen molar-refractivity contribution in [2.75, 3.05) is 18.0 Å². The number of hydrogen-bond acceptors (Lipinski definition) is 3. The van der Waals surface area contributed by atoms with Gasteiger partial charge in [-0.15, -0.1) is 0 Å². The molecule has 2 heterocycles. The Hall–Kier alpha value is -3.44. The monoisotopic (exact) mass is 424 g/mol. The lowest BCUT2D eigenvalue weighted by Crippen LogP contribution is -2.56. The molecule has 1 spiro atoms. The van der Waals surface area contributed by atoms with Crippen molar-refractivity contribution in [3.8, 4) is 0 Å². The maximum absolute atomic E-state index is 13.2. The smallest absolute Gasteiger partial charge is 0.299 e. The van der Waals surface area contributed by atoms with Crippen LogP contribution in [-0.2, 0) is 13.1 Å². The van der Waals surface area contributed by atoms with E-state index in [1.54, 1.807) is 0 Å². The summed E-state index contributed by atoms with van der Waals surface area (Å²) in [6.45, 7) is 3.32. The normalized spacial score (nSPS) is 19.4. The van der Waals surface area contributed by atoms with Crippen molar-refractivity contribution in [1.29, 1.82) is 0 Å². The van der Waals surface area contributed by atoms with Crippen LogP contribution in [0, 0.1) is 0 Å². The summed E-state index contributed by atoms with van der Waals surface area (Å²) in [5.41, 5.74) is 2.96. The van der Waals surface area contributed by atoms with Crippen LogP contribution in [0.5, 0.6) is 0 Å². The van der Waals surface area contributed by atoms with Gasteiger partial charge in [-0.2, -0.15) is 0 Å². The van der Waals surface area contributed by atoms with Crippen LogP contribution >= 0.6 is 0 Å². The number of carbonyl (C=O) groups is 1. The molecular formula is C27H28N4O. The maximum atomic E-state index is 13.2. The van der Waals surface area contributed by atoms with Gasteiger partial charge in [-0.05, 0) is 36.1 Å². The SMILES string of the molecule is O=C1NC(=NCc2ccccc2)C2(CCN(Cc3ccccc3)CC2)N1c1ccccc1. The van der Waals surface area contributed by atoms with E-state index in [1.165, 1.54) is 5.56 Å². The summed E-state index contributed by atoms with van der Waals surface area (Å²) in [6, 6.07) is 30.7. The minimum Gasteiger partial charge on any atom is -0.299 e. The minimum atomic E-state index is -0.430. The molecule has 3 aromatic carbocycles. The quantitative estimate of drug-likeness (QED) is 0.637. The van der Waals surface area contributed by atoms with Crippen LogP contribution < -0.4 is 10.2 Å². The van der Waals surface area contributed by atoms with Crippen molar-refractivity contribution in [2.24, 2.45) is 4.99 Å². The third kappa shape index (κ3) is 4.04. The van der Waals surface area contributed by atoms with Crippen LogP contribution in [0.4, 0.5) is 10.5 Å². The van der Waals surface area contributed by atoms with Crippen LogP contribution in [-0.4, -0.2) is 35.4 Å². The predicted octanol–water partition coefficient (Wildman–Crippen LogP) is 4.85. The maximum Gasteiger partial charge on any atom is 0.328 e. The first-order chi connectivity index (χ1) is 15.7. The number of urea groups is 1. The van der Waals surface area contributed by atoms with Crippen LogP contribution in [0.25, 0.3) is 0 Å². The van der Waals surface area contributed by atoms with E-state index in [4.69, 9.17) is 4.99 Å². The first-order valence-corrected chi connectivity index (χ1v) is 11.3. The molecule has 5 nitrogen and oxygen atoms in total. The first-order valence-electron chi connectivity index (χ1n) is 11.3. The van der Waals surface area contributed by atoms with Gasteiger partial charge in [-0.1, -0.05) is 78.9 Å². The van der Waals surface area contributed by atoms with Crippen molar-refractivity contribution in [2.45, 2.75) is 31.5 Å². The fourth-order valence-corrected chi connectivity index (χ4v) is 4.84. The number of para-hydroxylation sites is 1. The second-order valence-electron chi connectivity index (χ2n) is 8.54. The first kappa shape index (κ1) is 20.5. The Morgan fingerprint density at radius 2 is 1.34 bits per heavy atom. The van der Waals surface area contributed by atoms with Crippen LogP contribution in [0.1, 0.15) is 24.0 Å². The predicted molar refractivity (Wildman–Crippen MR) is 129 cm³/mol. The zero-order valence-electron chi connectivity index (χ0n) is 18.2. The van der Waals surface area contributed by atoms with Gasteiger partial charge in [-0.25, -0.2) is 4.79 Å². The summed E-state index contributed by atoms with van der Waals surface area (Å²) in [4.78, 5) is 22.5. The summed E-state index contributed by atoms with van der Waals surface area (Å²) >= 11 is 0. The average molecular weight is 425 g/mol. The summed E-state index contributed by atoms with van der Waals surface area (Å²) in [5, 5.41) is 3.12. The highest BCUT2D eigenvalue weighted by Crippen LogP contribution is 2.38. The molecule has 2 amide bonds. The molecule has 2 fully saturated rings. The molecule has 0 aliphatic carbocycles. The molecule has 0 unspecified atom stereocenters. The number of nitrogens with one attached hydrogen (secondary N) is 1. The molecule has 2 aliphatic rings. The lowest BCUT2D eigenvalue weighted by Gasteiger charge is -2.43. The molecule has 5 heteroatoms. The van der Waals surface area contributed by atoms with Gasteiger partial charge in [0.15, 0.2) is 0 Å². The molecule has 3 aromatic rings. The summed E-state index contributed by atoms with van der Waals surface area (Å²) < 4.78 is 0. The number of amides is 2. The molecule has 32 heavy (non-hydrogen) atoms. The third-order valence-electron chi connectivity index (χ3n) is 6.51. The van der Waals surface area contributed by atoms with Crippen molar-refractivity contribution in [3.05, 3.63) is 102 Å². The number of aliphatic imine (C=N–C) groups is 1. The van der Waals surface area contributed by atoms with Gasteiger partial charge in [-0.3, -0.25) is 20.1 Å². The molecule has 0 bridgehead atoms. The number of benzene rings is 3. The van der Waals surface area contributed by atoms with Crippen molar-refractivity contribution >= 4 is 17.6 Å². The Kier molecular flexibility index (Phi) is 5.73. The Labute approximate surface area is 189 Å². The number of hydrogen-bond donors (Lipinski definition) is 1. The number of nitrogens with zero attached hydrogens (tertiary/aromatic N) is 3. The molecule has 0 saturated carbocycles. The molecule has 0 atom stereocenters. The largest absolute Gasteiger partial charge is 0.328 e. The van der Waals surface area contributed by atoms with Gasteiger partial charge >= 0.3 is 6.03 Å². The molecule has 5 rings (SSSR count). The van der Waals surface area contributed by atoms with Crippen molar-refractivity contribution < 1.29 is 4.79 Å². The number of likely N-dealkylation sites (tertiary alicyclic amines) is 1. The Bertz CT molecular complexity index is 1070. The van der Waals surface area contributed by atoms with E-state index in [-0.39, 0.29) is 6.03 Å². The minimum absolute atomic E-state index is 0.0838. The summed E-state index contributed by atoms with van der Waals surface area (Å²) in [5.74, 6) is 0.801. The highest BCUT2D eigenvalue weighted by Gasteiger charge is 2.52. The van der Waals surface area contributed by atoms with Gasteiger partial charge in [0.25, 0.3) is 0 Å². The second-order valence-corrected chi connectivity index (χ2v) is 8.54. The lowest BCUT2D eigenvalue weighted by molar-refractivity contribution is 0.184. The Morgan fingerprint density at radius 3 is 1.97 bits per heavy atom. The average Bonchev–Trinajstić information content (AvgIpc) is 3.11. The highest BCUT2D eigenvalue weighted by atomic mass is 16.2. The van der Waals surface area contributed by atoms with E-state index < -0.39 is 5.54 Å². The Morgan fingerprint density at radius 1 is 0.781 bits per heavy atom. The molecular weight excluding hydrogens is 396 g/mol. The number of carbonyl (C=O) groups excluding carboxylic acids is 1. The zero-order valence-corrected chi connectivity index (χ0v) is 18.2. The third-order valence-corrected chi connectivity index (χ3v) is 6.51. The van der Waals surface area contributed by atoms with Crippen LogP contribution in [0.15, 0.2) is 96.0 Å². The molecule has 2 aliphatic heterocycles. The van der Waals surface area contributed by atoms with Gasteiger partial charge in [0.05, 0.1) is 6.54 Å². The standard InChI is InChI=1S/C27H28N4O/c32-26-29-25(28-20-22-10-4-1-5-11-22)27(31(26)24-14-8-3-9-15-24)16-18-30(19-17-27)21-23-12-6-2-7-13-23/h1-15H,16-21H2,(H,28,29,32). The highest BCUT2D eigenvalue weighted by molar-refractivity contribution is 6.19. The van der Waals surface area contributed by atoms with E-state index >= 15 is 0 Å². The molecule has 1 N–H and O–H groups in total. The molecule has 162 valence electrons. The second kappa shape index (κ2) is 8.97. The van der Waals surface area contributed by atoms with Gasteiger partial charge < -0.3 is 0 Å². The number of rotatable bonds is 5. The van der Waals surface area contributed by atoms with E-state index in [0.29, 0.717) is 6.54 Å². The van der Waals surface area contributed by atoms with E-state index in [9.17, 15) is 4.79 Å². The van der Waals surface area contributed by atoms with Crippen LogP contribution in [0.2, 0.25) is 0 Å². The fourth-order valence-electron chi connectivity index (χ4n) is 4.84. The van der Waals surface area contributed by atoms with Crippen LogP contribution in [0.3, 0.4) is 0 Å². The van der Waals surface area contributed by atoms with Crippen molar-refractivity contribution in [1.82, 2.24) is 10.2 Å². The molecule has 0 aromatic heterocycles. The topological polar surface area (TPSA) is 47.9 Å². The van der Waals surface area contributed by atoms with E-state index in [2.05, 4.69) is 52.7 Å². The fraction of sp³-hybridized carbons (Fsp3) is 0.259. The lowest BCUT2D eigenvalue weighted by atomic mass is 9.85. The van der Waals surface area contributed by atoms with Crippen molar-refractivity contribution in [3.63, 3.8) is 0 Å². The summed E-state index contributed by atoms with van der Waals surface area (Å²) in [7, 11) is 0. The van der Waals surface area contributed by atoms with E-state index in [1.807, 2.05) is 53.4 Å². The van der Waals surface area contributed by atoms with Gasteiger partial charge in [0.2, 0.25) is 0 Å². The Balaban J connectivity index is 1.42. The van der Waals surface area contributed by atoms with E-state index in [0.717, 1.165) is 49.6 Å². The molecule has 2 saturated heterocycles. The van der Waals surface area contributed by atoms with Gasteiger partial charge in [0.1, 0.15) is 11.4 Å². The zero-order chi connectivity index (χ0) is 21.8. The summed E-state index contributed by atoms with van der Waals surface area (Å²) in [6.07, 6.45) is 1.70. The van der Waals surface area contributed by atoms with Gasteiger partial charge in [0, 0.05) is 25.3 Å². The number of anilines is 1. The number of amidine groups is 1.